The quantitative estimate of drug-likeness (QED) is 0.571. The molecule has 2 heterocycles. The van der Waals surface area contributed by atoms with Crippen molar-refractivity contribution in [3.63, 3.8) is 0 Å². The molecule has 2 aliphatic rings. The monoisotopic (exact) mass is 416 g/mol. The molecular formula is C25H28N4O2. The van der Waals surface area contributed by atoms with Crippen molar-refractivity contribution in [2.24, 2.45) is 5.92 Å². The Kier molecular flexibility index (Phi) is 5.71. The number of amides is 1. The van der Waals surface area contributed by atoms with Gasteiger partial charge < -0.3 is 14.6 Å². The summed E-state index contributed by atoms with van der Waals surface area (Å²) in [5.41, 5.74) is 1.71. The second-order valence-corrected chi connectivity index (χ2v) is 8.35. The Morgan fingerprint density at radius 1 is 1.03 bits per heavy atom. The summed E-state index contributed by atoms with van der Waals surface area (Å²) in [6.07, 6.45) is 4.55. The van der Waals surface area contributed by atoms with Gasteiger partial charge in [-0.2, -0.15) is 0 Å². The third-order valence-electron chi connectivity index (χ3n) is 5.98. The van der Waals surface area contributed by atoms with Crippen LogP contribution in [-0.2, 0) is 6.54 Å². The standard InChI is InChI=1S/C25H28N4O2/c30-25(26-13-16-31-21-9-5-2-6-10-21)22-18-29-15-14-28(17-19-11-12-19)23(24(29)27-22)20-7-3-1-4-8-20/h1-10,18-19,23H,11-17H2,(H,26,30)/t23-/m1/s1. The minimum Gasteiger partial charge on any atom is -0.492 e. The van der Waals surface area contributed by atoms with Crippen molar-refractivity contribution in [1.82, 2.24) is 19.8 Å². The Bertz CT molecular complexity index is 1010. The van der Waals surface area contributed by atoms with Crippen LogP contribution < -0.4 is 10.1 Å². The predicted octanol–water partition coefficient (Wildman–Crippen LogP) is 3.51. The lowest BCUT2D eigenvalue weighted by Gasteiger charge is -2.36. The van der Waals surface area contributed by atoms with Gasteiger partial charge in [0.05, 0.1) is 12.6 Å². The SMILES string of the molecule is O=C(NCCOc1ccccc1)c1cn2c(n1)[C@@H](c1ccccc1)N(CC1CC1)CC2. The normalized spacial score (nSPS) is 18.4. The molecule has 3 aromatic rings. The van der Waals surface area contributed by atoms with E-state index >= 15 is 0 Å². The van der Waals surface area contributed by atoms with Gasteiger partial charge in [-0.3, -0.25) is 9.69 Å². The van der Waals surface area contributed by atoms with Crippen molar-refractivity contribution in [3.8, 4) is 5.75 Å². The number of carbonyl (C=O) groups excluding carboxylic acids is 1. The Morgan fingerprint density at radius 2 is 1.77 bits per heavy atom. The Hall–Kier alpha value is -3.12. The van der Waals surface area contributed by atoms with Crippen LogP contribution in [-0.4, -0.2) is 46.6 Å². The van der Waals surface area contributed by atoms with E-state index in [1.54, 1.807) is 0 Å². The number of aromatic nitrogens is 2. The van der Waals surface area contributed by atoms with E-state index in [4.69, 9.17) is 9.72 Å². The summed E-state index contributed by atoms with van der Waals surface area (Å²) in [6, 6.07) is 20.2. The molecule has 0 radical (unpaired) electrons. The van der Waals surface area contributed by atoms with Gasteiger partial charge in [-0.05, 0) is 36.5 Å². The Labute approximate surface area is 182 Å². The maximum Gasteiger partial charge on any atom is 0.271 e. The molecule has 0 saturated heterocycles. The van der Waals surface area contributed by atoms with E-state index in [0.29, 0.717) is 18.8 Å². The second-order valence-electron chi connectivity index (χ2n) is 8.35. The highest BCUT2D eigenvalue weighted by Gasteiger charge is 2.35. The molecule has 1 atom stereocenters. The van der Waals surface area contributed by atoms with Gasteiger partial charge in [-0.25, -0.2) is 4.98 Å². The molecule has 160 valence electrons. The first kappa shape index (κ1) is 19.8. The molecule has 1 saturated carbocycles. The van der Waals surface area contributed by atoms with Crippen LogP contribution in [0.5, 0.6) is 5.75 Å². The molecule has 0 spiro atoms. The number of hydrogen-bond acceptors (Lipinski definition) is 4. The van der Waals surface area contributed by atoms with Crippen LogP contribution in [0.2, 0.25) is 0 Å². The number of rotatable bonds is 8. The lowest BCUT2D eigenvalue weighted by molar-refractivity contribution is 0.0942. The second kappa shape index (κ2) is 8.94. The summed E-state index contributed by atoms with van der Waals surface area (Å²) in [7, 11) is 0. The van der Waals surface area contributed by atoms with E-state index in [1.807, 2.05) is 42.6 Å². The molecule has 1 N–H and O–H groups in total. The summed E-state index contributed by atoms with van der Waals surface area (Å²) >= 11 is 0. The molecule has 1 aliphatic heterocycles. The summed E-state index contributed by atoms with van der Waals surface area (Å²) in [6.45, 7) is 3.80. The van der Waals surface area contributed by atoms with Crippen molar-refractivity contribution in [3.05, 3.63) is 83.9 Å². The van der Waals surface area contributed by atoms with E-state index < -0.39 is 0 Å². The summed E-state index contributed by atoms with van der Waals surface area (Å²) in [4.78, 5) is 20.1. The van der Waals surface area contributed by atoms with Gasteiger partial charge in [0.2, 0.25) is 0 Å². The van der Waals surface area contributed by atoms with Gasteiger partial charge in [0.15, 0.2) is 0 Å². The number of carbonyl (C=O) groups is 1. The van der Waals surface area contributed by atoms with Crippen LogP contribution in [0.15, 0.2) is 66.9 Å². The maximum absolute atomic E-state index is 12.7. The zero-order valence-corrected chi connectivity index (χ0v) is 17.6. The molecule has 31 heavy (non-hydrogen) atoms. The highest BCUT2D eigenvalue weighted by molar-refractivity contribution is 5.92. The number of imidazole rings is 1. The summed E-state index contributed by atoms with van der Waals surface area (Å²) in [5, 5.41) is 2.93. The lowest BCUT2D eigenvalue weighted by Crippen LogP contribution is -2.40. The minimum atomic E-state index is -0.154. The highest BCUT2D eigenvalue weighted by Crippen LogP contribution is 2.37. The number of hydrogen-bond donors (Lipinski definition) is 1. The molecule has 1 aliphatic carbocycles. The molecule has 6 heteroatoms. The Balaban J connectivity index is 1.28. The first-order valence-electron chi connectivity index (χ1n) is 11.1. The fourth-order valence-electron chi connectivity index (χ4n) is 4.23. The van der Waals surface area contributed by atoms with Crippen molar-refractivity contribution in [2.75, 3.05) is 26.2 Å². The lowest BCUT2D eigenvalue weighted by atomic mass is 10.0. The van der Waals surface area contributed by atoms with Crippen LogP contribution in [0.1, 0.15) is 40.8 Å². The van der Waals surface area contributed by atoms with Crippen LogP contribution in [0.25, 0.3) is 0 Å². The number of nitrogens with one attached hydrogen (secondary N) is 1. The van der Waals surface area contributed by atoms with Gasteiger partial charge in [0.1, 0.15) is 23.9 Å². The molecule has 1 amide bonds. The van der Waals surface area contributed by atoms with E-state index in [-0.39, 0.29) is 11.9 Å². The molecule has 1 aromatic heterocycles. The predicted molar refractivity (Wildman–Crippen MR) is 119 cm³/mol. The van der Waals surface area contributed by atoms with Crippen LogP contribution in [0, 0.1) is 5.92 Å². The van der Waals surface area contributed by atoms with E-state index in [0.717, 1.165) is 37.1 Å². The third-order valence-corrected chi connectivity index (χ3v) is 5.98. The first-order chi connectivity index (χ1) is 15.3. The fourth-order valence-corrected chi connectivity index (χ4v) is 4.23. The van der Waals surface area contributed by atoms with Crippen molar-refractivity contribution < 1.29 is 9.53 Å². The van der Waals surface area contributed by atoms with Crippen molar-refractivity contribution in [2.45, 2.75) is 25.4 Å². The van der Waals surface area contributed by atoms with Gasteiger partial charge in [-0.1, -0.05) is 48.5 Å². The van der Waals surface area contributed by atoms with Crippen molar-refractivity contribution in [1.29, 1.82) is 0 Å². The molecule has 1 fully saturated rings. The summed E-state index contributed by atoms with van der Waals surface area (Å²) < 4.78 is 7.81. The van der Waals surface area contributed by atoms with Gasteiger partial charge in [0.25, 0.3) is 5.91 Å². The van der Waals surface area contributed by atoms with Crippen molar-refractivity contribution >= 4 is 5.91 Å². The summed E-state index contributed by atoms with van der Waals surface area (Å²) in [5.74, 6) is 2.42. The van der Waals surface area contributed by atoms with E-state index in [1.165, 1.54) is 18.4 Å². The molecule has 5 rings (SSSR count). The smallest absolute Gasteiger partial charge is 0.271 e. The van der Waals surface area contributed by atoms with Crippen LogP contribution in [0.4, 0.5) is 0 Å². The molecule has 0 bridgehead atoms. The molecular weight excluding hydrogens is 388 g/mol. The third kappa shape index (κ3) is 4.64. The van der Waals surface area contributed by atoms with Gasteiger partial charge >= 0.3 is 0 Å². The Morgan fingerprint density at radius 3 is 2.52 bits per heavy atom. The molecule has 2 aromatic carbocycles. The molecule has 0 unspecified atom stereocenters. The fraction of sp³-hybridized carbons (Fsp3) is 0.360. The largest absolute Gasteiger partial charge is 0.492 e. The zero-order valence-electron chi connectivity index (χ0n) is 17.6. The number of ether oxygens (including phenoxy) is 1. The maximum atomic E-state index is 12.7. The van der Waals surface area contributed by atoms with Crippen LogP contribution >= 0.6 is 0 Å². The average Bonchev–Trinajstić information content (AvgIpc) is 3.52. The average molecular weight is 417 g/mol. The number of para-hydroxylation sites is 1. The molecule has 6 nitrogen and oxygen atoms in total. The number of nitrogens with zero attached hydrogens (tertiary/aromatic N) is 3. The topological polar surface area (TPSA) is 59.4 Å². The first-order valence-corrected chi connectivity index (χ1v) is 11.1. The zero-order chi connectivity index (χ0) is 21.0. The highest BCUT2D eigenvalue weighted by atomic mass is 16.5. The van der Waals surface area contributed by atoms with Gasteiger partial charge in [-0.15, -0.1) is 0 Å². The van der Waals surface area contributed by atoms with Crippen LogP contribution in [0.3, 0.4) is 0 Å². The van der Waals surface area contributed by atoms with E-state index in [2.05, 4.69) is 39.0 Å². The van der Waals surface area contributed by atoms with Gasteiger partial charge in [0, 0.05) is 25.8 Å². The van der Waals surface area contributed by atoms with E-state index in [9.17, 15) is 4.79 Å². The number of benzene rings is 2. The minimum absolute atomic E-state index is 0.0958. The number of fused-ring (bicyclic) bond motifs is 1.